The SMILES string of the molecule is C=CC1CCC(C2CCC(CC)OC2)CC1. The van der Waals surface area contributed by atoms with Gasteiger partial charge < -0.3 is 4.74 Å². The lowest BCUT2D eigenvalue weighted by Crippen LogP contribution is -2.32. The minimum absolute atomic E-state index is 0.556. The van der Waals surface area contributed by atoms with E-state index in [1.54, 1.807) is 0 Å². The summed E-state index contributed by atoms with van der Waals surface area (Å²) >= 11 is 0. The molecule has 1 nitrogen and oxygen atoms in total. The van der Waals surface area contributed by atoms with Gasteiger partial charge in [0, 0.05) is 0 Å². The van der Waals surface area contributed by atoms with E-state index in [4.69, 9.17) is 4.74 Å². The van der Waals surface area contributed by atoms with Gasteiger partial charge in [0.05, 0.1) is 12.7 Å². The first kappa shape index (κ1) is 12.2. The Labute approximate surface area is 100 Å². The molecule has 2 unspecified atom stereocenters. The molecule has 1 heterocycles. The van der Waals surface area contributed by atoms with Crippen LogP contribution >= 0.6 is 0 Å². The fraction of sp³-hybridized carbons (Fsp3) is 0.867. The minimum Gasteiger partial charge on any atom is -0.378 e. The molecule has 2 fully saturated rings. The zero-order valence-corrected chi connectivity index (χ0v) is 10.7. The predicted octanol–water partition coefficient (Wildman–Crippen LogP) is 4.18. The van der Waals surface area contributed by atoms with Crippen LogP contribution in [0.2, 0.25) is 0 Å². The second-order valence-corrected chi connectivity index (χ2v) is 5.61. The van der Waals surface area contributed by atoms with Crippen LogP contribution in [0, 0.1) is 17.8 Å². The van der Waals surface area contributed by atoms with Crippen molar-refractivity contribution in [2.45, 2.75) is 58.0 Å². The molecular formula is C15H26O. The number of ether oxygens (including phenoxy) is 1. The van der Waals surface area contributed by atoms with Gasteiger partial charge in [-0.3, -0.25) is 0 Å². The lowest BCUT2D eigenvalue weighted by Gasteiger charge is -2.37. The van der Waals surface area contributed by atoms with Crippen molar-refractivity contribution in [2.24, 2.45) is 17.8 Å². The van der Waals surface area contributed by atoms with Crippen molar-refractivity contribution in [1.29, 1.82) is 0 Å². The molecule has 2 atom stereocenters. The topological polar surface area (TPSA) is 9.23 Å². The van der Waals surface area contributed by atoms with E-state index in [-0.39, 0.29) is 0 Å². The maximum atomic E-state index is 5.93. The van der Waals surface area contributed by atoms with Crippen LogP contribution in [0.15, 0.2) is 12.7 Å². The summed E-state index contributed by atoms with van der Waals surface area (Å²) in [6.45, 7) is 7.18. The van der Waals surface area contributed by atoms with Crippen molar-refractivity contribution in [2.75, 3.05) is 6.61 Å². The third kappa shape index (κ3) is 2.88. The molecular weight excluding hydrogens is 196 g/mol. The zero-order valence-electron chi connectivity index (χ0n) is 10.7. The van der Waals surface area contributed by atoms with E-state index >= 15 is 0 Å². The summed E-state index contributed by atoms with van der Waals surface area (Å²) in [7, 11) is 0. The largest absolute Gasteiger partial charge is 0.378 e. The third-order valence-electron chi connectivity index (χ3n) is 4.68. The lowest BCUT2D eigenvalue weighted by molar-refractivity contribution is -0.0390. The average Bonchev–Trinajstić information content (AvgIpc) is 2.39. The van der Waals surface area contributed by atoms with Gasteiger partial charge >= 0.3 is 0 Å². The summed E-state index contributed by atoms with van der Waals surface area (Å²) in [5.41, 5.74) is 0. The Balaban J connectivity index is 1.75. The van der Waals surface area contributed by atoms with Crippen molar-refractivity contribution in [3.8, 4) is 0 Å². The first-order valence-electron chi connectivity index (χ1n) is 7.07. The van der Waals surface area contributed by atoms with Crippen LogP contribution in [-0.4, -0.2) is 12.7 Å². The van der Waals surface area contributed by atoms with Gasteiger partial charge in [-0.1, -0.05) is 13.0 Å². The van der Waals surface area contributed by atoms with Gasteiger partial charge in [-0.15, -0.1) is 6.58 Å². The van der Waals surface area contributed by atoms with Crippen molar-refractivity contribution >= 4 is 0 Å². The Morgan fingerprint density at radius 1 is 1.06 bits per heavy atom. The van der Waals surface area contributed by atoms with Gasteiger partial charge in [-0.05, 0) is 62.7 Å². The summed E-state index contributed by atoms with van der Waals surface area (Å²) in [5.74, 6) is 2.59. The van der Waals surface area contributed by atoms with Gasteiger partial charge in [0.1, 0.15) is 0 Å². The number of hydrogen-bond donors (Lipinski definition) is 0. The summed E-state index contributed by atoms with van der Waals surface area (Å²) in [6, 6.07) is 0. The number of allylic oxidation sites excluding steroid dienone is 1. The van der Waals surface area contributed by atoms with E-state index in [0.717, 1.165) is 24.4 Å². The normalized spacial score (nSPS) is 40.6. The molecule has 0 aromatic heterocycles. The molecule has 0 bridgehead atoms. The molecule has 2 rings (SSSR count). The Morgan fingerprint density at radius 2 is 1.75 bits per heavy atom. The van der Waals surface area contributed by atoms with Crippen molar-refractivity contribution in [1.82, 2.24) is 0 Å². The monoisotopic (exact) mass is 222 g/mol. The Morgan fingerprint density at radius 3 is 2.25 bits per heavy atom. The van der Waals surface area contributed by atoms with Gasteiger partial charge in [0.25, 0.3) is 0 Å². The van der Waals surface area contributed by atoms with Crippen LogP contribution in [-0.2, 0) is 4.74 Å². The highest BCUT2D eigenvalue weighted by atomic mass is 16.5. The van der Waals surface area contributed by atoms with Crippen LogP contribution in [0.3, 0.4) is 0 Å². The molecule has 0 aromatic carbocycles. The highest BCUT2D eigenvalue weighted by Gasteiger charge is 2.30. The van der Waals surface area contributed by atoms with E-state index in [1.807, 2.05) is 0 Å². The standard InChI is InChI=1S/C15H26O/c1-3-12-5-7-13(8-6-12)14-9-10-15(4-2)16-11-14/h3,12-15H,1,4-11H2,2H3. The second kappa shape index (κ2) is 5.86. The van der Waals surface area contributed by atoms with Gasteiger partial charge in [0.2, 0.25) is 0 Å². The Hall–Kier alpha value is -0.300. The molecule has 0 radical (unpaired) electrons. The van der Waals surface area contributed by atoms with E-state index in [2.05, 4.69) is 19.6 Å². The van der Waals surface area contributed by atoms with Crippen molar-refractivity contribution < 1.29 is 4.74 Å². The Bertz CT molecular complexity index is 207. The molecule has 1 saturated carbocycles. The van der Waals surface area contributed by atoms with Gasteiger partial charge in [-0.25, -0.2) is 0 Å². The maximum absolute atomic E-state index is 5.93. The molecule has 1 heteroatoms. The highest BCUT2D eigenvalue weighted by Crippen LogP contribution is 2.38. The van der Waals surface area contributed by atoms with Crippen LogP contribution in [0.5, 0.6) is 0 Å². The van der Waals surface area contributed by atoms with E-state index in [1.165, 1.54) is 44.9 Å². The zero-order chi connectivity index (χ0) is 11.4. The summed E-state index contributed by atoms with van der Waals surface area (Å²) < 4.78 is 5.93. The molecule has 92 valence electrons. The molecule has 0 amide bonds. The molecule has 1 saturated heterocycles. The highest BCUT2D eigenvalue weighted by molar-refractivity contribution is 4.87. The quantitative estimate of drug-likeness (QED) is 0.651. The minimum atomic E-state index is 0.556. The lowest BCUT2D eigenvalue weighted by atomic mass is 9.74. The smallest absolute Gasteiger partial charge is 0.0572 e. The second-order valence-electron chi connectivity index (χ2n) is 5.61. The first-order chi connectivity index (χ1) is 7.83. The fourth-order valence-corrected chi connectivity index (χ4v) is 3.37. The fourth-order valence-electron chi connectivity index (χ4n) is 3.37. The van der Waals surface area contributed by atoms with Gasteiger partial charge in [-0.2, -0.15) is 0 Å². The van der Waals surface area contributed by atoms with E-state index < -0.39 is 0 Å². The van der Waals surface area contributed by atoms with Crippen LogP contribution < -0.4 is 0 Å². The molecule has 16 heavy (non-hydrogen) atoms. The average molecular weight is 222 g/mol. The Kier molecular flexibility index (Phi) is 4.45. The molecule has 0 N–H and O–H groups in total. The predicted molar refractivity (Wildman–Crippen MR) is 68.4 cm³/mol. The first-order valence-corrected chi connectivity index (χ1v) is 7.07. The molecule has 0 spiro atoms. The third-order valence-corrected chi connectivity index (χ3v) is 4.68. The maximum Gasteiger partial charge on any atom is 0.0572 e. The number of hydrogen-bond acceptors (Lipinski definition) is 1. The van der Waals surface area contributed by atoms with Crippen molar-refractivity contribution in [3.05, 3.63) is 12.7 Å². The van der Waals surface area contributed by atoms with Crippen LogP contribution in [0.1, 0.15) is 51.9 Å². The van der Waals surface area contributed by atoms with Crippen LogP contribution in [0.25, 0.3) is 0 Å². The van der Waals surface area contributed by atoms with E-state index in [0.29, 0.717) is 6.10 Å². The molecule has 1 aliphatic carbocycles. The molecule has 2 aliphatic rings. The molecule has 1 aliphatic heterocycles. The summed E-state index contributed by atoms with van der Waals surface area (Å²) in [5, 5.41) is 0. The summed E-state index contributed by atoms with van der Waals surface area (Å²) in [4.78, 5) is 0. The number of rotatable bonds is 3. The van der Waals surface area contributed by atoms with E-state index in [9.17, 15) is 0 Å². The molecule has 0 aromatic rings. The van der Waals surface area contributed by atoms with Crippen LogP contribution in [0.4, 0.5) is 0 Å². The van der Waals surface area contributed by atoms with Crippen molar-refractivity contribution in [3.63, 3.8) is 0 Å². The summed E-state index contributed by atoms with van der Waals surface area (Å²) in [6.07, 6.45) is 12.1. The van der Waals surface area contributed by atoms with Gasteiger partial charge in [0.15, 0.2) is 0 Å².